The van der Waals surface area contributed by atoms with Crippen LogP contribution in [0, 0.1) is 0 Å². The monoisotopic (exact) mass is 432 g/mol. The maximum atomic E-state index is 12.6. The van der Waals surface area contributed by atoms with Crippen LogP contribution >= 0.6 is 11.6 Å². The van der Waals surface area contributed by atoms with Crippen LogP contribution in [-0.2, 0) is 16.1 Å². The Morgan fingerprint density at radius 2 is 1.70 bits per heavy atom. The van der Waals surface area contributed by atoms with Crippen LogP contribution in [0.3, 0.4) is 0 Å². The minimum absolute atomic E-state index is 0.118. The van der Waals surface area contributed by atoms with E-state index in [1.165, 1.54) is 25.8 Å². The molecule has 0 unspecified atom stereocenters. The second-order valence-electron chi connectivity index (χ2n) is 6.93. The molecule has 0 spiro atoms. The first-order valence-electron chi connectivity index (χ1n) is 9.64. The molecule has 2 aromatic rings. The average Bonchev–Trinajstić information content (AvgIpc) is 2.78. The van der Waals surface area contributed by atoms with Crippen LogP contribution in [0.15, 0.2) is 42.5 Å². The molecular formula is C22H25ClN2O5. The van der Waals surface area contributed by atoms with Crippen molar-refractivity contribution in [3.63, 3.8) is 0 Å². The van der Waals surface area contributed by atoms with Gasteiger partial charge < -0.3 is 19.1 Å². The molecule has 3 rings (SSSR count). The summed E-state index contributed by atoms with van der Waals surface area (Å²) in [6.45, 7) is 3.50. The second-order valence-corrected chi connectivity index (χ2v) is 7.36. The molecule has 1 amide bonds. The Morgan fingerprint density at radius 1 is 1.00 bits per heavy atom. The molecule has 160 valence electrons. The molecule has 1 fully saturated rings. The van der Waals surface area contributed by atoms with Crippen LogP contribution in [0.25, 0.3) is 0 Å². The lowest BCUT2D eigenvalue weighted by atomic mass is 10.2. The number of hydrogen-bond donors (Lipinski definition) is 0. The van der Waals surface area contributed by atoms with E-state index < -0.39 is 5.97 Å². The van der Waals surface area contributed by atoms with Gasteiger partial charge in [-0.1, -0.05) is 23.7 Å². The van der Waals surface area contributed by atoms with Crippen LogP contribution in [-0.4, -0.2) is 68.7 Å². The number of carbonyl (C=O) groups is 2. The highest BCUT2D eigenvalue weighted by Crippen LogP contribution is 2.25. The maximum Gasteiger partial charge on any atom is 0.341 e. The number of ether oxygens (including phenoxy) is 3. The first-order valence-corrected chi connectivity index (χ1v) is 10.0. The number of benzene rings is 2. The van der Waals surface area contributed by atoms with Crippen LogP contribution in [0.2, 0.25) is 5.02 Å². The van der Waals surface area contributed by atoms with E-state index in [-0.39, 0.29) is 23.8 Å². The molecule has 0 aliphatic carbocycles. The van der Waals surface area contributed by atoms with E-state index in [1.807, 2.05) is 24.3 Å². The molecule has 1 aliphatic rings. The standard InChI is InChI=1S/C22H25ClN2O5/c1-28-18-7-8-20(19(13-18)22(27)29-2)30-15-21(26)25-11-9-24(10-12-25)14-16-3-5-17(23)6-4-16/h3-8,13H,9-12,14-15H2,1-2H3. The minimum atomic E-state index is -0.549. The van der Waals surface area contributed by atoms with Gasteiger partial charge in [-0.05, 0) is 35.9 Å². The summed E-state index contributed by atoms with van der Waals surface area (Å²) in [4.78, 5) is 28.6. The predicted octanol–water partition coefficient (Wildman–Crippen LogP) is 2.86. The molecule has 7 nitrogen and oxygen atoms in total. The molecule has 0 radical (unpaired) electrons. The molecule has 1 aliphatic heterocycles. The van der Waals surface area contributed by atoms with Crippen molar-refractivity contribution in [3.8, 4) is 11.5 Å². The summed E-state index contributed by atoms with van der Waals surface area (Å²) in [5.74, 6) is 0.128. The van der Waals surface area contributed by atoms with Gasteiger partial charge in [-0.2, -0.15) is 0 Å². The Bertz CT molecular complexity index is 880. The number of esters is 1. The van der Waals surface area contributed by atoms with Crippen molar-refractivity contribution >= 4 is 23.5 Å². The van der Waals surface area contributed by atoms with Gasteiger partial charge in [0.1, 0.15) is 17.1 Å². The zero-order valence-electron chi connectivity index (χ0n) is 17.1. The molecule has 0 bridgehead atoms. The van der Waals surface area contributed by atoms with E-state index in [0.717, 1.165) is 24.7 Å². The number of amides is 1. The molecule has 0 saturated carbocycles. The highest BCUT2D eigenvalue weighted by molar-refractivity contribution is 6.30. The van der Waals surface area contributed by atoms with E-state index in [2.05, 4.69) is 4.90 Å². The number of methoxy groups -OCH3 is 2. The maximum absolute atomic E-state index is 12.6. The molecule has 30 heavy (non-hydrogen) atoms. The van der Waals surface area contributed by atoms with Crippen molar-refractivity contribution in [3.05, 3.63) is 58.6 Å². The van der Waals surface area contributed by atoms with Crippen molar-refractivity contribution in [1.82, 2.24) is 9.80 Å². The third-order valence-electron chi connectivity index (χ3n) is 4.99. The summed E-state index contributed by atoms with van der Waals surface area (Å²) in [6, 6.07) is 12.6. The van der Waals surface area contributed by atoms with E-state index in [1.54, 1.807) is 17.0 Å². The summed E-state index contributed by atoms with van der Waals surface area (Å²) in [5.41, 5.74) is 1.41. The third-order valence-corrected chi connectivity index (χ3v) is 5.24. The van der Waals surface area contributed by atoms with Gasteiger partial charge in [0.15, 0.2) is 6.61 Å². The first kappa shape index (κ1) is 21.9. The Morgan fingerprint density at radius 3 is 2.33 bits per heavy atom. The lowest BCUT2D eigenvalue weighted by Gasteiger charge is -2.34. The summed E-state index contributed by atoms with van der Waals surface area (Å²) < 4.78 is 15.6. The summed E-state index contributed by atoms with van der Waals surface area (Å²) in [5, 5.41) is 0.724. The Labute approximate surface area is 181 Å². The van der Waals surface area contributed by atoms with Gasteiger partial charge in [0.2, 0.25) is 0 Å². The third kappa shape index (κ3) is 5.64. The number of rotatable bonds is 7. The van der Waals surface area contributed by atoms with Gasteiger partial charge in [-0.15, -0.1) is 0 Å². The number of halogens is 1. The first-order chi connectivity index (χ1) is 14.5. The van der Waals surface area contributed by atoms with Crippen molar-refractivity contribution in [2.75, 3.05) is 47.0 Å². The number of piperazine rings is 1. The minimum Gasteiger partial charge on any atom is -0.497 e. The normalized spacial score (nSPS) is 14.3. The Kier molecular flexibility index (Phi) is 7.54. The zero-order valence-corrected chi connectivity index (χ0v) is 17.9. The number of hydrogen-bond acceptors (Lipinski definition) is 6. The number of nitrogens with zero attached hydrogens (tertiary/aromatic N) is 2. The van der Waals surface area contributed by atoms with Crippen molar-refractivity contribution in [1.29, 1.82) is 0 Å². The predicted molar refractivity (Wildman–Crippen MR) is 113 cm³/mol. The topological polar surface area (TPSA) is 68.3 Å². The molecule has 0 aromatic heterocycles. The lowest BCUT2D eigenvalue weighted by molar-refractivity contribution is -0.135. The highest BCUT2D eigenvalue weighted by Gasteiger charge is 2.22. The van der Waals surface area contributed by atoms with Crippen LogP contribution in [0.5, 0.6) is 11.5 Å². The fraction of sp³-hybridized carbons (Fsp3) is 0.364. The summed E-state index contributed by atoms with van der Waals surface area (Å²) in [6.07, 6.45) is 0. The Balaban J connectivity index is 1.51. The van der Waals surface area contributed by atoms with E-state index in [0.29, 0.717) is 18.8 Å². The number of carbonyl (C=O) groups excluding carboxylic acids is 2. The molecular weight excluding hydrogens is 408 g/mol. The van der Waals surface area contributed by atoms with Gasteiger partial charge in [-0.25, -0.2) is 4.79 Å². The van der Waals surface area contributed by atoms with E-state index in [9.17, 15) is 9.59 Å². The smallest absolute Gasteiger partial charge is 0.341 e. The van der Waals surface area contributed by atoms with Crippen molar-refractivity contribution in [2.24, 2.45) is 0 Å². The Hall–Kier alpha value is -2.77. The second kappa shape index (κ2) is 10.3. The quantitative estimate of drug-likeness (QED) is 0.627. The SMILES string of the molecule is COC(=O)c1cc(OC)ccc1OCC(=O)N1CCN(Cc2ccc(Cl)cc2)CC1. The van der Waals surface area contributed by atoms with Gasteiger partial charge in [0, 0.05) is 37.7 Å². The fourth-order valence-corrected chi connectivity index (χ4v) is 3.39. The molecule has 8 heteroatoms. The van der Waals surface area contributed by atoms with Gasteiger partial charge in [0.05, 0.1) is 14.2 Å². The van der Waals surface area contributed by atoms with Crippen LogP contribution in [0.1, 0.15) is 15.9 Å². The average molecular weight is 433 g/mol. The lowest BCUT2D eigenvalue weighted by Crippen LogP contribution is -2.49. The molecule has 2 aromatic carbocycles. The van der Waals surface area contributed by atoms with Gasteiger partial charge >= 0.3 is 5.97 Å². The molecule has 1 saturated heterocycles. The molecule has 0 N–H and O–H groups in total. The van der Waals surface area contributed by atoms with Gasteiger partial charge in [-0.3, -0.25) is 9.69 Å². The van der Waals surface area contributed by atoms with E-state index in [4.69, 9.17) is 25.8 Å². The fourth-order valence-electron chi connectivity index (χ4n) is 3.27. The zero-order chi connectivity index (χ0) is 21.5. The van der Waals surface area contributed by atoms with Crippen LogP contribution < -0.4 is 9.47 Å². The van der Waals surface area contributed by atoms with Crippen LogP contribution in [0.4, 0.5) is 0 Å². The molecule has 0 atom stereocenters. The van der Waals surface area contributed by atoms with E-state index >= 15 is 0 Å². The summed E-state index contributed by atoms with van der Waals surface area (Å²) in [7, 11) is 2.80. The highest BCUT2D eigenvalue weighted by atomic mass is 35.5. The van der Waals surface area contributed by atoms with Crippen molar-refractivity contribution < 1.29 is 23.8 Å². The molecule has 1 heterocycles. The van der Waals surface area contributed by atoms with Crippen molar-refractivity contribution in [2.45, 2.75) is 6.54 Å². The largest absolute Gasteiger partial charge is 0.497 e. The summed E-state index contributed by atoms with van der Waals surface area (Å²) >= 11 is 5.93. The van der Waals surface area contributed by atoms with Gasteiger partial charge in [0.25, 0.3) is 5.91 Å².